The molecule has 1 aromatic rings. The van der Waals surface area contributed by atoms with Gasteiger partial charge in [0.25, 0.3) is 11.1 Å². The maximum atomic E-state index is 12.5. The predicted molar refractivity (Wildman–Crippen MR) is 105 cm³/mol. The fourth-order valence-electron chi connectivity index (χ4n) is 3.76. The van der Waals surface area contributed by atoms with Crippen LogP contribution in [0.2, 0.25) is 0 Å². The topological polar surface area (TPSA) is 40.6 Å². The van der Waals surface area contributed by atoms with Crippen LogP contribution in [0.25, 0.3) is 6.08 Å². The second-order valence-electron chi connectivity index (χ2n) is 7.94. The van der Waals surface area contributed by atoms with E-state index in [4.69, 9.17) is 0 Å². The Morgan fingerprint density at radius 2 is 1.96 bits per heavy atom. The van der Waals surface area contributed by atoms with Gasteiger partial charge in [0.2, 0.25) is 0 Å². The molecule has 3 rings (SSSR count). The van der Waals surface area contributed by atoms with Crippen LogP contribution >= 0.6 is 11.8 Å². The lowest BCUT2D eigenvalue weighted by Gasteiger charge is -2.45. The number of thioether (sulfide) groups is 1. The van der Waals surface area contributed by atoms with E-state index in [-0.39, 0.29) is 22.7 Å². The summed E-state index contributed by atoms with van der Waals surface area (Å²) in [4.78, 5) is 28.7. The van der Waals surface area contributed by atoms with Gasteiger partial charge in [-0.15, -0.1) is 0 Å². The Morgan fingerprint density at radius 3 is 2.56 bits per heavy atom. The molecule has 1 atom stereocenters. The molecule has 134 valence electrons. The van der Waals surface area contributed by atoms with Crippen molar-refractivity contribution in [1.29, 1.82) is 0 Å². The maximum absolute atomic E-state index is 12.5. The zero-order valence-corrected chi connectivity index (χ0v) is 16.6. The summed E-state index contributed by atoms with van der Waals surface area (Å²) in [6.07, 6.45) is 2.93. The number of hydrogen-bond acceptors (Lipinski definition) is 4. The van der Waals surface area contributed by atoms with Crippen LogP contribution < -0.4 is 4.90 Å². The number of anilines is 1. The number of nitrogens with zero attached hydrogens (tertiary/aromatic N) is 2. The summed E-state index contributed by atoms with van der Waals surface area (Å²) in [6, 6.07) is 6.21. The minimum absolute atomic E-state index is 0.113. The van der Waals surface area contributed by atoms with Gasteiger partial charge < -0.3 is 4.90 Å². The third-order valence-corrected chi connectivity index (χ3v) is 6.18. The van der Waals surface area contributed by atoms with Gasteiger partial charge in [-0.2, -0.15) is 0 Å². The van der Waals surface area contributed by atoms with Gasteiger partial charge in [0.1, 0.15) is 0 Å². The van der Waals surface area contributed by atoms with Crippen molar-refractivity contribution in [2.24, 2.45) is 0 Å². The molecule has 0 N–H and O–H groups in total. The molecule has 1 saturated heterocycles. The first-order valence-corrected chi connectivity index (χ1v) is 9.58. The van der Waals surface area contributed by atoms with E-state index in [1.54, 1.807) is 0 Å². The monoisotopic (exact) mass is 358 g/mol. The summed E-state index contributed by atoms with van der Waals surface area (Å²) in [6.45, 7) is 10.5. The fraction of sp³-hybridized carbons (Fsp3) is 0.500. The zero-order chi connectivity index (χ0) is 18.5. The van der Waals surface area contributed by atoms with Crippen molar-refractivity contribution in [1.82, 2.24) is 4.90 Å². The van der Waals surface area contributed by atoms with Gasteiger partial charge in [0, 0.05) is 24.3 Å². The number of carbonyl (C=O) groups is 2. The molecule has 2 amide bonds. The minimum Gasteiger partial charge on any atom is -0.369 e. The highest BCUT2D eigenvalue weighted by Crippen LogP contribution is 2.43. The molecule has 0 radical (unpaired) electrons. The molecule has 2 aliphatic heterocycles. The highest BCUT2D eigenvalue weighted by Gasteiger charge is 2.37. The molecule has 0 saturated carbocycles. The predicted octanol–water partition coefficient (Wildman–Crippen LogP) is 4.85. The Balaban J connectivity index is 1.95. The largest absolute Gasteiger partial charge is 0.369 e. The van der Waals surface area contributed by atoms with E-state index in [1.807, 2.05) is 26.0 Å². The Hall–Kier alpha value is -1.75. The summed E-state index contributed by atoms with van der Waals surface area (Å²) in [7, 11) is 2.14. The van der Waals surface area contributed by atoms with Gasteiger partial charge in [-0.25, -0.2) is 0 Å². The fourth-order valence-corrected chi connectivity index (χ4v) is 4.72. The Kier molecular flexibility index (Phi) is 4.48. The molecule has 0 aliphatic carbocycles. The van der Waals surface area contributed by atoms with Gasteiger partial charge in [-0.05, 0) is 81.1 Å². The number of hydrogen-bond donors (Lipinski definition) is 0. The van der Waals surface area contributed by atoms with Crippen LogP contribution in [-0.4, -0.2) is 34.7 Å². The summed E-state index contributed by atoms with van der Waals surface area (Å²) in [5.74, 6) is 0.272. The molecule has 25 heavy (non-hydrogen) atoms. The van der Waals surface area contributed by atoms with E-state index in [2.05, 4.69) is 44.9 Å². The molecule has 1 aromatic carbocycles. The number of rotatable bonds is 2. The summed E-state index contributed by atoms with van der Waals surface area (Å²) < 4.78 is 0. The van der Waals surface area contributed by atoms with Crippen LogP contribution in [0.3, 0.4) is 0 Å². The molecule has 1 fully saturated rings. The van der Waals surface area contributed by atoms with Crippen LogP contribution in [0.4, 0.5) is 10.5 Å². The van der Waals surface area contributed by atoms with Crippen molar-refractivity contribution in [3.63, 3.8) is 0 Å². The molecule has 0 bridgehead atoms. The van der Waals surface area contributed by atoms with Crippen molar-refractivity contribution in [3.8, 4) is 0 Å². The smallest absolute Gasteiger partial charge is 0.293 e. The van der Waals surface area contributed by atoms with Gasteiger partial charge in [-0.1, -0.05) is 13.0 Å². The van der Waals surface area contributed by atoms with E-state index in [1.165, 1.54) is 16.2 Å². The average Bonchev–Trinajstić information content (AvgIpc) is 2.79. The number of benzene rings is 1. The van der Waals surface area contributed by atoms with Crippen molar-refractivity contribution < 1.29 is 9.59 Å². The van der Waals surface area contributed by atoms with Gasteiger partial charge in [0.05, 0.1) is 4.91 Å². The summed E-state index contributed by atoms with van der Waals surface area (Å²) in [5, 5.41) is -0.181. The maximum Gasteiger partial charge on any atom is 0.293 e. The van der Waals surface area contributed by atoms with Crippen molar-refractivity contribution in [2.75, 3.05) is 11.9 Å². The molecule has 5 heteroatoms. The SMILES string of the molecule is CC(C)N1C(=O)S/C(=C\c2ccc3c(c2)[C@H](C)CC(C)(C)N3C)C1=O. The molecule has 0 unspecified atom stereocenters. The van der Waals surface area contributed by atoms with Crippen LogP contribution in [0.15, 0.2) is 23.1 Å². The lowest BCUT2D eigenvalue weighted by atomic mass is 9.80. The van der Waals surface area contributed by atoms with Crippen molar-refractivity contribution >= 4 is 34.7 Å². The summed E-state index contributed by atoms with van der Waals surface area (Å²) >= 11 is 1.03. The van der Waals surface area contributed by atoms with Gasteiger partial charge >= 0.3 is 0 Å². The minimum atomic E-state index is -0.186. The van der Waals surface area contributed by atoms with E-state index >= 15 is 0 Å². The van der Waals surface area contributed by atoms with E-state index in [0.717, 1.165) is 23.7 Å². The first-order chi connectivity index (χ1) is 11.6. The number of carbonyl (C=O) groups excluding carboxylic acids is 2. The highest BCUT2D eigenvalue weighted by atomic mass is 32.2. The molecule has 0 aromatic heterocycles. The first-order valence-electron chi connectivity index (χ1n) is 8.76. The number of fused-ring (bicyclic) bond motifs is 1. The van der Waals surface area contributed by atoms with E-state index in [0.29, 0.717) is 10.8 Å². The van der Waals surface area contributed by atoms with Gasteiger partial charge in [0.15, 0.2) is 0 Å². The normalized spacial score (nSPS) is 24.4. The van der Waals surface area contributed by atoms with E-state index < -0.39 is 0 Å². The highest BCUT2D eigenvalue weighted by molar-refractivity contribution is 8.18. The molecular formula is C20H26N2O2S. The second kappa shape index (κ2) is 6.20. The average molecular weight is 359 g/mol. The van der Waals surface area contributed by atoms with Crippen molar-refractivity contribution in [2.45, 2.75) is 58.5 Å². The Labute approximate surface area is 154 Å². The molecular weight excluding hydrogens is 332 g/mol. The van der Waals surface area contributed by atoms with Crippen molar-refractivity contribution in [3.05, 3.63) is 34.2 Å². The second-order valence-corrected chi connectivity index (χ2v) is 8.93. The van der Waals surface area contributed by atoms with Crippen LogP contribution in [-0.2, 0) is 4.79 Å². The van der Waals surface area contributed by atoms with Crippen LogP contribution in [0, 0.1) is 0 Å². The lowest BCUT2D eigenvalue weighted by Crippen LogP contribution is -2.45. The Morgan fingerprint density at radius 1 is 1.28 bits per heavy atom. The number of amides is 2. The van der Waals surface area contributed by atoms with E-state index in [9.17, 15) is 9.59 Å². The lowest BCUT2D eigenvalue weighted by molar-refractivity contribution is -0.123. The van der Waals surface area contributed by atoms with Crippen LogP contribution in [0.1, 0.15) is 58.1 Å². The molecule has 4 nitrogen and oxygen atoms in total. The summed E-state index contributed by atoms with van der Waals surface area (Å²) in [5.41, 5.74) is 3.66. The molecule has 0 spiro atoms. The third-order valence-electron chi connectivity index (χ3n) is 5.30. The third kappa shape index (κ3) is 3.10. The molecule has 2 aliphatic rings. The zero-order valence-electron chi connectivity index (χ0n) is 15.8. The Bertz CT molecular complexity index is 767. The van der Waals surface area contributed by atoms with Crippen LogP contribution in [0.5, 0.6) is 0 Å². The first kappa shape index (κ1) is 18.1. The standard InChI is InChI=1S/C20H26N2O2S/c1-12(2)22-18(23)17(25-19(22)24)10-14-7-8-16-15(9-14)13(3)11-20(4,5)21(16)6/h7-10,12-13H,11H2,1-6H3/b17-10-/t13-/m1/s1. The molecule has 2 heterocycles. The number of imide groups is 1. The quantitative estimate of drug-likeness (QED) is 0.708. The van der Waals surface area contributed by atoms with Gasteiger partial charge in [-0.3, -0.25) is 14.5 Å².